The summed E-state index contributed by atoms with van der Waals surface area (Å²) in [6.45, 7) is 4.83. The van der Waals surface area contributed by atoms with Crippen LogP contribution < -0.4 is 0 Å². The van der Waals surface area contributed by atoms with Crippen LogP contribution in [0.5, 0.6) is 0 Å². The quantitative estimate of drug-likeness (QED) is 0.825. The summed E-state index contributed by atoms with van der Waals surface area (Å²) in [7, 11) is 1.67. The van der Waals surface area contributed by atoms with Crippen LogP contribution in [0, 0.1) is 6.92 Å². The van der Waals surface area contributed by atoms with Gasteiger partial charge in [0.15, 0.2) is 0 Å². The average molecular weight is 253 g/mol. The molecule has 100 valence electrons. The summed E-state index contributed by atoms with van der Waals surface area (Å²) in [5.74, 6) is -0.965. The van der Waals surface area contributed by atoms with Crippen molar-refractivity contribution in [3.63, 3.8) is 0 Å². The molecule has 1 rings (SSSR count). The fraction of sp³-hybridized carbons (Fsp3) is 0.583. The zero-order chi connectivity index (χ0) is 13.7. The van der Waals surface area contributed by atoms with E-state index in [0.717, 1.165) is 5.69 Å². The third-order valence-corrected chi connectivity index (χ3v) is 2.65. The monoisotopic (exact) mass is 253 g/mol. The molecule has 0 aliphatic rings. The molecule has 0 spiro atoms. The second-order valence-corrected chi connectivity index (χ2v) is 4.21. The number of aryl methyl sites for hydroxylation is 2. The third kappa shape index (κ3) is 3.58. The fourth-order valence-corrected chi connectivity index (χ4v) is 1.72. The molecule has 0 saturated carbocycles. The topological polar surface area (TPSA) is 75.4 Å². The summed E-state index contributed by atoms with van der Waals surface area (Å²) in [5, 5.41) is 12.8. The highest BCUT2D eigenvalue weighted by Gasteiger charge is 2.17. The predicted molar refractivity (Wildman–Crippen MR) is 66.5 cm³/mol. The van der Waals surface area contributed by atoms with Gasteiger partial charge in [-0.15, -0.1) is 0 Å². The maximum Gasteiger partial charge on any atom is 0.303 e. The largest absolute Gasteiger partial charge is 0.481 e. The first-order valence-corrected chi connectivity index (χ1v) is 5.97. The Labute approximate surface area is 106 Å². The Bertz CT molecular complexity index is 440. The molecule has 6 heteroatoms. The van der Waals surface area contributed by atoms with Crippen molar-refractivity contribution in [1.29, 1.82) is 0 Å². The third-order valence-electron chi connectivity index (χ3n) is 2.65. The molecule has 0 atom stereocenters. The molecule has 0 aliphatic carbocycles. The molecule has 0 unspecified atom stereocenters. The number of carbonyl (C=O) groups is 2. The lowest BCUT2D eigenvalue weighted by molar-refractivity contribution is -0.137. The van der Waals surface area contributed by atoms with Gasteiger partial charge in [0.05, 0.1) is 5.69 Å². The number of amides is 1. The van der Waals surface area contributed by atoms with Crippen LogP contribution in [-0.2, 0) is 11.3 Å². The summed E-state index contributed by atoms with van der Waals surface area (Å²) in [5.41, 5.74) is 1.35. The molecule has 1 aromatic rings. The first-order chi connectivity index (χ1) is 8.45. The van der Waals surface area contributed by atoms with Gasteiger partial charge in [-0.2, -0.15) is 5.10 Å². The van der Waals surface area contributed by atoms with Crippen LogP contribution in [0.3, 0.4) is 0 Å². The van der Waals surface area contributed by atoms with E-state index in [0.29, 0.717) is 25.2 Å². The van der Waals surface area contributed by atoms with Gasteiger partial charge in [0, 0.05) is 26.6 Å². The maximum atomic E-state index is 12.1. The molecule has 0 saturated heterocycles. The van der Waals surface area contributed by atoms with E-state index in [2.05, 4.69) is 5.10 Å². The van der Waals surface area contributed by atoms with Crippen molar-refractivity contribution in [1.82, 2.24) is 14.7 Å². The van der Waals surface area contributed by atoms with Gasteiger partial charge in [0.25, 0.3) is 5.91 Å². The molecule has 0 fully saturated rings. The molecule has 0 radical (unpaired) electrons. The molecule has 6 nitrogen and oxygen atoms in total. The van der Waals surface area contributed by atoms with E-state index < -0.39 is 5.97 Å². The maximum absolute atomic E-state index is 12.1. The second kappa shape index (κ2) is 6.18. The molecule has 1 aromatic heterocycles. The minimum Gasteiger partial charge on any atom is -0.481 e. The molecule has 0 aromatic carbocycles. The van der Waals surface area contributed by atoms with Crippen LogP contribution in [0.4, 0.5) is 0 Å². The lowest BCUT2D eigenvalue weighted by atomic mass is 10.2. The van der Waals surface area contributed by atoms with Crippen LogP contribution in [0.25, 0.3) is 0 Å². The number of carbonyl (C=O) groups excluding carboxylic acids is 1. The summed E-state index contributed by atoms with van der Waals surface area (Å²) in [6.07, 6.45) is 0.528. The van der Waals surface area contributed by atoms with Crippen molar-refractivity contribution in [3.8, 4) is 0 Å². The molecule has 1 amide bonds. The molecule has 1 N–H and O–H groups in total. The Morgan fingerprint density at radius 3 is 2.72 bits per heavy atom. The normalized spacial score (nSPS) is 10.4. The Balaban J connectivity index is 2.65. The van der Waals surface area contributed by atoms with Crippen LogP contribution in [0.15, 0.2) is 6.07 Å². The lowest BCUT2D eigenvalue weighted by Crippen LogP contribution is -2.30. The van der Waals surface area contributed by atoms with Gasteiger partial charge in [0.2, 0.25) is 0 Å². The summed E-state index contributed by atoms with van der Waals surface area (Å²) in [4.78, 5) is 24.1. The number of nitrogens with zero attached hydrogens (tertiary/aromatic N) is 3. The van der Waals surface area contributed by atoms with Crippen LogP contribution in [-0.4, -0.2) is 45.3 Å². The predicted octanol–water partition coefficient (Wildman–Crippen LogP) is 1.15. The van der Waals surface area contributed by atoms with Crippen molar-refractivity contribution in [2.24, 2.45) is 0 Å². The number of hydrogen-bond donors (Lipinski definition) is 1. The number of carboxylic acid groups (broad SMARTS) is 1. The van der Waals surface area contributed by atoms with Gasteiger partial charge in [-0.3, -0.25) is 14.3 Å². The van der Waals surface area contributed by atoms with E-state index in [4.69, 9.17) is 5.11 Å². The van der Waals surface area contributed by atoms with Gasteiger partial charge in [0.1, 0.15) is 5.69 Å². The number of rotatable bonds is 6. The van der Waals surface area contributed by atoms with E-state index in [-0.39, 0.29) is 12.3 Å². The van der Waals surface area contributed by atoms with Gasteiger partial charge in [-0.25, -0.2) is 0 Å². The fourth-order valence-electron chi connectivity index (χ4n) is 1.72. The Kier molecular flexibility index (Phi) is 4.88. The summed E-state index contributed by atoms with van der Waals surface area (Å²) in [6, 6.07) is 1.75. The molecular weight excluding hydrogens is 234 g/mol. The van der Waals surface area contributed by atoms with Crippen LogP contribution in [0.1, 0.15) is 35.9 Å². The highest BCUT2D eigenvalue weighted by atomic mass is 16.4. The van der Waals surface area contributed by atoms with Gasteiger partial charge in [-0.05, 0) is 26.3 Å². The van der Waals surface area contributed by atoms with Crippen LogP contribution >= 0.6 is 0 Å². The van der Waals surface area contributed by atoms with Gasteiger partial charge < -0.3 is 10.0 Å². The van der Waals surface area contributed by atoms with Crippen LogP contribution in [0.2, 0.25) is 0 Å². The molecule has 18 heavy (non-hydrogen) atoms. The van der Waals surface area contributed by atoms with E-state index in [1.54, 1.807) is 17.8 Å². The second-order valence-electron chi connectivity index (χ2n) is 4.21. The summed E-state index contributed by atoms with van der Waals surface area (Å²) >= 11 is 0. The van der Waals surface area contributed by atoms with Gasteiger partial charge in [-0.1, -0.05) is 0 Å². The zero-order valence-electron chi connectivity index (χ0n) is 11.0. The van der Waals surface area contributed by atoms with Gasteiger partial charge >= 0.3 is 5.97 Å². The average Bonchev–Trinajstić information content (AvgIpc) is 2.68. The van der Waals surface area contributed by atoms with Crippen molar-refractivity contribution in [2.45, 2.75) is 33.2 Å². The van der Waals surface area contributed by atoms with E-state index in [9.17, 15) is 9.59 Å². The highest BCUT2D eigenvalue weighted by Crippen LogP contribution is 2.07. The van der Waals surface area contributed by atoms with Crippen molar-refractivity contribution < 1.29 is 14.7 Å². The minimum absolute atomic E-state index is 0.0731. The van der Waals surface area contributed by atoms with E-state index in [1.165, 1.54) is 4.90 Å². The molecular formula is C12H19N3O3. The lowest BCUT2D eigenvalue weighted by Gasteiger charge is -2.16. The van der Waals surface area contributed by atoms with Crippen molar-refractivity contribution in [2.75, 3.05) is 13.6 Å². The minimum atomic E-state index is -0.842. The molecule has 0 aliphatic heterocycles. The Hall–Kier alpha value is -1.85. The first-order valence-electron chi connectivity index (χ1n) is 5.97. The molecule has 0 bridgehead atoms. The smallest absolute Gasteiger partial charge is 0.303 e. The van der Waals surface area contributed by atoms with Crippen molar-refractivity contribution >= 4 is 11.9 Å². The zero-order valence-corrected chi connectivity index (χ0v) is 11.0. The Morgan fingerprint density at radius 1 is 1.50 bits per heavy atom. The highest BCUT2D eigenvalue weighted by molar-refractivity contribution is 5.92. The number of aromatic nitrogens is 2. The number of aliphatic carboxylic acids is 1. The van der Waals surface area contributed by atoms with E-state index >= 15 is 0 Å². The SMILES string of the molecule is CCn1nc(C)cc1C(=O)N(C)CCCC(=O)O. The Morgan fingerprint density at radius 2 is 2.17 bits per heavy atom. The van der Waals surface area contributed by atoms with E-state index in [1.807, 2.05) is 13.8 Å². The number of hydrogen-bond acceptors (Lipinski definition) is 3. The molecule has 1 heterocycles. The van der Waals surface area contributed by atoms with Crippen molar-refractivity contribution in [3.05, 3.63) is 17.5 Å². The summed E-state index contributed by atoms with van der Waals surface area (Å²) < 4.78 is 1.66. The standard InChI is InChI=1S/C12H19N3O3/c1-4-15-10(8-9(2)13-15)12(18)14(3)7-5-6-11(16)17/h8H,4-7H2,1-3H3,(H,16,17). The number of carboxylic acids is 1. The first kappa shape index (κ1) is 14.2.